The first kappa shape index (κ1) is 14.3. The van der Waals surface area contributed by atoms with Gasteiger partial charge in [0.15, 0.2) is 5.16 Å². The molecule has 0 saturated carbocycles. The molecule has 0 bridgehead atoms. The summed E-state index contributed by atoms with van der Waals surface area (Å²) in [6.45, 7) is 0.820. The molecular formula is C13H15IN4OS. The van der Waals surface area contributed by atoms with E-state index in [4.69, 9.17) is 4.74 Å². The lowest BCUT2D eigenvalue weighted by atomic mass is 10.2. The van der Waals surface area contributed by atoms with Gasteiger partial charge in [-0.1, -0.05) is 11.8 Å². The van der Waals surface area contributed by atoms with E-state index < -0.39 is 0 Å². The van der Waals surface area contributed by atoms with Crippen LogP contribution in [-0.4, -0.2) is 32.6 Å². The Morgan fingerprint density at radius 1 is 1.45 bits per heavy atom. The third-order valence-corrected chi connectivity index (χ3v) is 4.59. The van der Waals surface area contributed by atoms with Gasteiger partial charge < -0.3 is 4.74 Å². The smallest absolute Gasteiger partial charge is 0.187 e. The van der Waals surface area contributed by atoms with E-state index in [1.54, 1.807) is 18.0 Å². The quantitative estimate of drug-likeness (QED) is 0.448. The predicted octanol–water partition coefficient (Wildman–Crippen LogP) is 3.37. The molecule has 20 heavy (non-hydrogen) atoms. The standard InChI is InChI=1S/C13H15IN4OS/c1-20-13-15-6-5-10(16-13)9-8-18(17-12(9)14)11-4-2-3-7-19-11/h5-6,8,11H,2-4,7H2,1H3. The Kier molecular flexibility index (Phi) is 4.57. The van der Waals surface area contributed by atoms with Crippen LogP contribution >= 0.6 is 34.4 Å². The molecule has 1 fully saturated rings. The summed E-state index contributed by atoms with van der Waals surface area (Å²) in [4.78, 5) is 8.74. The second-order valence-corrected chi connectivity index (χ2v) is 6.36. The summed E-state index contributed by atoms with van der Waals surface area (Å²) >= 11 is 3.79. The molecule has 1 saturated heterocycles. The van der Waals surface area contributed by atoms with Gasteiger partial charge in [-0.2, -0.15) is 5.10 Å². The van der Waals surface area contributed by atoms with Crippen LogP contribution in [0.25, 0.3) is 11.3 Å². The Morgan fingerprint density at radius 2 is 2.35 bits per heavy atom. The average molecular weight is 402 g/mol. The number of hydrogen-bond donors (Lipinski definition) is 0. The number of nitrogens with zero attached hydrogens (tertiary/aromatic N) is 4. The van der Waals surface area contributed by atoms with Crippen LogP contribution in [0.3, 0.4) is 0 Å². The zero-order valence-electron chi connectivity index (χ0n) is 11.1. The minimum absolute atomic E-state index is 0.0628. The molecule has 7 heteroatoms. The summed E-state index contributed by atoms with van der Waals surface area (Å²) < 4.78 is 8.65. The van der Waals surface area contributed by atoms with E-state index in [1.807, 2.05) is 23.2 Å². The molecule has 3 rings (SSSR count). The third-order valence-electron chi connectivity index (χ3n) is 3.23. The van der Waals surface area contributed by atoms with Crippen LogP contribution < -0.4 is 0 Å². The van der Waals surface area contributed by atoms with E-state index >= 15 is 0 Å². The van der Waals surface area contributed by atoms with Crippen molar-refractivity contribution in [2.75, 3.05) is 12.9 Å². The van der Waals surface area contributed by atoms with Gasteiger partial charge in [0, 0.05) is 19.0 Å². The second-order valence-electron chi connectivity index (χ2n) is 4.56. The maximum Gasteiger partial charge on any atom is 0.187 e. The van der Waals surface area contributed by atoms with Crippen LogP contribution in [0.4, 0.5) is 0 Å². The summed E-state index contributed by atoms with van der Waals surface area (Å²) in [6, 6.07) is 1.92. The van der Waals surface area contributed by atoms with Gasteiger partial charge in [-0.25, -0.2) is 14.6 Å². The maximum absolute atomic E-state index is 5.77. The van der Waals surface area contributed by atoms with Gasteiger partial charge in [0.25, 0.3) is 0 Å². The van der Waals surface area contributed by atoms with Gasteiger partial charge in [0.1, 0.15) is 9.93 Å². The minimum Gasteiger partial charge on any atom is -0.357 e. The molecule has 0 amide bonds. The summed E-state index contributed by atoms with van der Waals surface area (Å²) in [5.41, 5.74) is 1.95. The Hall–Kier alpha value is -0.670. The highest BCUT2D eigenvalue weighted by Gasteiger charge is 2.19. The molecule has 1 atom stereocenters. The van der Waals surface area contributed by atoms with Gasteiger partial charge in [-0.15, -0.1) is 0 Å². The molecule has 3 heterocycles. The molecular weight excluding hydrogens is 387 g/mol. The van der Waals surface area contributed by atoms with Crippen molar-refractivity contribution in [1.82, 2.24) is 19.7 Å². The fourth-order valence-electron chi connectivity index (χ4n) is 2.21. The van der Waals surface area contributed by atoms with Crippen LogP contribution in [-0.2, 0) is 4.74 Å². The molecule has 0 N–H and O–H groups in total. The first-order valence-electron chi connectivity index (χ1n) is 6.51. The number of ether oxygens (including phenoxy) is 1. The van der Waals surface area contributed by atoms with Crippen molar-refractivity contribution < 1.29 is 4.74 Å². The molecule has 1 aliphatic heterocycles. The van der Waals surface area contributed by atoms with Crippen molar-refractivity contribution >= 4 is 34.4 Å². The largest absolute Gasteiger partial charge is 0.357 e. The van der Waals surface area contributed by atoms with Crippen LogP contribution in [0, 0.1) is 3.70 Å². The van der Waals surface area contributed by atoms with Crippen molar-refractivity contribution in [2.45, 2.75) is 30.6 Å². The first-order chi connectivity index (χ1) is 9.78. The number of rotatable bonds is 3. The second kappa shape index (κ2) is 6.40. The van der Waals surface area contributed by atoms with Crippen molar-refractivity contribution in [3.63, 3.8) is 0 Å². The van der Waals surface area contributed by atoms with Gasteiger partial charge in [0.2, 0.25) is 0 Å². The summed E-state index contributed by atoms with van der Waals surface area (Å²) in [5, 5.41) is 5.36. The Morgan fingerprint density at radius 3 is 3.10 bits per heavy atom. The highest BCUT2D eigenvalue weighted by Crippen LogP contribution is 2.28. The lowest BCUT2D eigenvalue weighted by molar-refractivity contribution is -0.0396. The Bertz CT molecular complexity index is 598. The van der Waals surface area contributed by atoms with Crippen LogP contribution in [0.2, 0.25) is 0 Å². The summed E-state index contributed by atoms with van der Waals surface area (Å²) in [6.07, 6.45) is 9.22. The van der Waals surface area contributed by atoms with E-state index in [0.717, 1.165) is 39.6 Å². The Labute approximate surface area is 135 Å². The van der Waals surface area contributed by atoms with Crippen LogP contribution in [0.15, 0.2) is 23.6 Å². The molecule has 0 radical (unpaired) electrons. The number of halogens is 1. The molecule has 2 aromatic heterocycles. The van der Waals surface area contributed by atoms with Gasteiger partial charge in [-0.3, -0.25) is 0 Å². The van der Waals surface area contributed by atoms with E-state index in [0.29, 0.717) is 0 Å². The number of hydrogen-bond acceptors (Lipinski definition) is 5. The van der Waals surface area contributed by atoms with Crippen molar-refractivity contribution in [3.05, 3.63) is 22.2 Å². The fourth-order valence-corrected chi connectivity index (χ4v) is 3.23. The summed E-state index contributed by atoms with van der Waals surface area (Å²) in [5.74, 6) is 0. The molecule has 0 aromatic carbocycles. The zero-order valence-corrected chi connectivity index (χ0v) is 14.1. The molecule has 5 nitrogen and oxygen atoms in total. The zero-order chi connectivity index (χ0) is 13.9. The number of thioether (sulfide) groups is 1. The average Bonchev–Trinajstić information content (AvgIpc) is 2.90. The van der Waals surface area contributed by atoms with E-state index in [9.17, 15) is 0 Å². The third kappa shape index (κ3) is 2.99. The monoisotopic (exact) mass is 402 g/mol. The predicted molar refractivity (Wildman–Crippen MR) is 86.6 cm³/mol. The highest BCUT2D eigenvalue weighted by molar-refractivity contribution is 14.1. The molecule has 2 aromatic rings. The lowest BCUT2D eigenvalue weighted by Crippen LogP contribution is -2.18. The highest BCUT2D eigenvalue weighted by atomic mass is 127. The SMILES string of the molecule is CSc1nccc(-c2cn(C3CCCCO3)nc2I)n1. The normalized spacial score (nSPS) is 19.2. The van der Waals surface area contributed by atoms with Crippen molar-refractivity contribution in [1.29, 1.82) is 0 Å². The molecule has 1 unspecified atom stereocenters. The fraction of sp³-hybridized carbons (Fsp3) is 0.462. The molecule has 0 aliphatic carbocycles. The minimum atomic E-state index is 0.0628. The molecule has 0 spiro atoms. The van der Waals surface area contributed by atoms with Crippen LogP contribution in [0.1, 0.15) is 25.5 Å². The topological polar surface area (TPSA) is 52.8 Å². The lowest BCUT2D eigenvalue weighted by Gasteiger charge is -2.22. The van der Waals surface area contributed by atoms with Gasteiger partial charge in [-0.05, 0) is 54.2 Å². The van der Waals surface area contributed by atoms with E-state index in [2.05, 4.69) is 37.7 Å². The van der Waals surface area contributed by atoms with E-state index in [1.165, 1.54) is 6.42 Å². The molecule has 106 valence electrons. The van der Waals surface area contributed by atoms with Crippen LogP contribution in [0.5, 0.6) is 0 Å². The molecule has 1 aliphatic rings. The Balaban J connectivity index is 1.91. The van der Waals surface area contributed by atoms with Gasteiger partial charge in [0.05, 0.1) is 11.3 Å². The maximum atomic E-state index is 5.77. The number of aromatic nitrogens is 4. The van der Waals surface area contributed by atoms with E-state index in [-0.39, 0.29) is 6.23 Å². The first-order valence-corrected chi connectivity index (χ1v) is 8.82. The van der Waals surface area contributed by atoms with Crippen molar-refractivity contribution in [3.8, 4) is 11.3 Å². The van der Waals surface area contributed by atoms with Gasteiger partial charge >= 0.3 is 0 Å². The van der Waals surface area contributed by atoms with Crippen molar-refractivity contribution in [2.24, 2.45) is 0 Å². The summed E-state index contributed by atoms with van der Waals surface area (Å²) in [7, 11) is 0.